The van der Waals surface area contributed by atoms with E-state index in [-0.39, 0.29) is 0 Å². The van der Waals surface area contributed by atoms with Gasteiger partial charge in [-0.1, -0.05) is 58.3 Å². The highest BCUT2D eigenvalue weighted by Crippen LogP contribution is 2.39. The van der Waals surface area contributed by atoms with E-state index in [1.807, 2.05) is 0 Å². The van der Waals surface area contributed by atoms with Crippen molar-refractivity contribution in [1.29, 1.82) is 0 Å². The topological polar surface area (TPSA) is 12.0 Å². The van der Waals surface area contributed by atoms with E-state index in [0.717, 1.165) is 29.8 Å². The van der Waals surface area contributed by atoms with Crippen LogP contribution in [0.25, 0.3) is 0 Å². The molecule has 0 aromatic rings. The molecule has 0 aromatic carbocycles. The van der Waals surface area contributed by atoms with Crippen molar-refractivity contribution < 1.29 is 0 Å². The van der Waals surface area contributed by atoms with Gasteiger partial charge >= 0.3 is 0 Å². The van der Waals surface area contributed by atoms with Crippen LogP contribution in [-0.4, -0.2) is 12.1 Å². The highest BCUT2D eigenvalue weighted by atomic mass is 15.0. The summed E-state index contributed by atoms with van der Waals surface area (Å²) < 4.78 is 0. The molecule has 1 unspecified atom stereocenters. The third kappa shape index (κ3) is 4.47. The second-order valence-electron chi connectivity index (χ2n) is 8.37. The highest BCUT2D eigenvalue weighted by Gasteiger charge is 2.31. The summed E-state index contributed by atoms with van der Waals surface area (Å²) in [6, 6.07) is 1.71. The second-order valence-corrected chi connectivity index (χ2v) is 8.37. The molecule has 3 aliphatic carbocycles. The van der Waals surface area contributed by atoms with E-state index in [1.165, 1.54) is 89.9 Å². The summed E-state index contributed by atoms with van der Waals surface area (Å²) in [6.45, 7) is 2.58. The monoisotopic (exact) mass is 291 g/mol. The lowest BCUT2D eigenvalue weighted by molar-refractivity contribution is 0.142. The molecule has 1 N–H and O–H groups in total. The van der Waals surface area contributed by atoms with Gasteiger partial charge in [-0.25, -0.2) is 0 Å². The second kappa shape index (κ2) is 7.99. The first kappa shape index (κ1) is 15.8. The Morgan fingerprint density at radius 3 is 1.67 bits per heavy atom. The van der Waals surface area contributed by atoms with Gasteiger partial charge in [-0.15, -0.1) is 0 Å². The smallest absolute Gasteiger partial charge is 0.00698 e. The average Bonchev–Trinajstić information content (AvgIpc) is 2.57. The van der Waals surface area contributed by atoms with Crippen molar-refractivity contribution in [3.05, 3.63) is 0 Å². The molecule has 3 aliphatic rings. The molecule has 0 amide bonds. The molecular formula is C20H37N. The molecule has 0 saturated heterocycles. The maximum absolute atomic E-state index is 4.00. The van der Waals surface area contributed by atoms with Gasteiger partial charge in [-0.2, -0.15) is 0 Å². The van der Waals surface area contributed by atoms with Crippen LogP contribution in [-0.2, 0) is 0 Å². The first-order chi connectivity index (χ1) is 10.3. The Bertz CT molecular complexity index is 280. The molecule has 1 atom stereocenters. The molecule has 3 rings (SSSR count). The minimum absolute atomic E-state index is 0.850. The zero-order valence-electron chi connectivity index (χ0n) is 14.3. The summed E-state index contributed by atoms with van der Waals surface area (Å²) in [5.41, 5.74) is 0. The summed E-state index contributed by atoms with van der Waals surface area (Å²) in [6.07, 6.45) is 20.8. The van der Waals surface area contributed by atoms with Crippen LogP contribution >= 0.6 is 0 Å². The van der Waals surface area contributed by atoms with Gasteiger partial charge in [0.2, 0.25) is 0 Å². The Morgan fingerprint density at radius 2 is 1.05 bits per heavy atom. The quantitative estimate of drug-likeness (QED) is 0.702. The molecule has 0 radical (unpaired) electrons. The average molecular weight is 292 g/mol. The van der Waals surface area contributed by atoms with E-state index in [9.17, 15) is 0 Å². The minimum Gasteiger partial charge on any atom is -0.311 e. The van der Waals surface area contributed by atoms with E-state index < -0.39 is 0 Å². The summed E-state index contributed by atoms with van der Waals surface area (Å²) in [5, 5.41) is 4.00. The maximum Gasteiger partial charge on any atom is 0.00698 e. The molecule has 1 nitrogen and oxygen atoms in total. The van der Waals surface area contributed by atoms with Crippen molar-refractivity contribution in [3.63, 3.8) is 0 Å². The maximum atomic E-state index is 4.00. The predicted molar refractivity (Wildman–Crippen MR) is 91.5 cm³/mol. The zero-order valence-corrected chi connectivity index (χ0v) is 14.3. The normalized spacial score (nSPS) is 34.7. The fraction of sp³-hybridized carbons (Fsp3) is 1.00. The zero-order chi connectivity index (χ0) is 14.5. The van der Waals surface area contributed by atoms with E-state index in [1.54, 1.807) is 0 Å². The van der Waals surface area contributed by atoms with Gasteiger partial charge in [0.05, 0.1) is 0 Å². The van der Waals surface area contributed by atoms with Gasteiger partial charge in [-0.05, 0) is 56.3 Å². The number of rotatable bonds is 4. The van der Waals surface area contributed by atoms with Crippen LogP contribution in [0.4, 0.5) is 0 Å². The summed E-state index contributed by atoms with van der Waals surface area (Å²) in [7, 11) is 0. The minimum atomic E-state index is 0.850. The van der Waals surface area contributed by atoms with Crippen molar-refractivity contribution in [2.45, 2.75) is 109 Å². The molecule has 0 aliphatic heterocycles. The summed E-state index contributed by atoms with van der Waals surface area (Å²) >= 11 is 0. The molecule has 0 heterocycles. The molecule has 3 fully saturated rings. The van der Waals surface area contributed by atoms with Crippen LogP contribution in [0.15, 0.2) is 0 Å². The van der Waals surface area contributed by atoms with Gasteiger partial charge in [-0.3, -0.25) is 0 Å². The van der Waals surface area contributed by atoms with Crippen molar-refractivity contribution in [2.75, 3.05) is 0 Å². The Labute approximate surface area is 132 Å². The first-order valence-corrected chi connectivity index (χ1v) is 10.1. The van der Waals surface area contributed by atoms with Crippen LogP contribution in [0, 0.1) is 17.8 Å². The van der Waals surface area contributed by atoms with Crippen LogP contribution < -0.4 is 5.32 Å². The van der Waals surface area contributed by atoms with Crippen molar-refractivity contribution in [2.24, 2.45) is 17.8 Å². The van der Waals surface area contributed by atoms with Crippen LogP contribution in [0.5, 0.6) is 0 Å². The molecule has 1 heteroatoms. The molecule has 21 heavy (non-hydrogen) atoms. The summed E-state index contributed by atoms with van der Waals surface area (Å²) in [4.78, 5) is 0. The van der Waals surface area contributed by atoms with Gasteiger partial charge in [0.1, 0.15) is 0 Å². The third-order valence-electron chi connectivity index (χ3n) is 6.99. The molecule has 0 aromatic heterocycles. The van der Waals surface area contributed by atoms with E-state index >= 15 is 0 Å². The van der Waals surface area contributed by atoms with Gasteiger partial charge in [0.15, 0.2) is 0 Å². The Kier molecular flexibility index (Phi) is 6.03. The molecule has 122 valence electrons. The van der Waals surface area contributed by atoms with E-state index in [0.29, 0.717) is 0 Å². The van der Waals surface area contributed by atoms with Crippen molar-refractivity contribution in [3.8, 4) is 0 Å². The van der Waals surface area contributed by atoms with Crippen LogP contribution in [0.2, 0.25) is 0 Å². The molecule has 0 spiro atoms. The number of hydrogen-bond donors (Lipinski definition) is 1. The molecular weight excluding hydrogens is 254 g/mol. The van der Waals surface area contributed by atoms with Gasteiger partial charge in [0, 0.05) is 12.1 Å². The Hall–Kier alpha value is -0.0400. The lowest BCUT2D eigenvalue weighted by atomic mass is 9.70. The standard InChI is InChI=1S/C20H37N/c1-16(17-8-4-2-5-9-17)18-12-14-20(15-13-18)21-19-10-6-3-7-11-19/h16-21H,2-15H2,1H3. The highest BCUT2D eigenvalue weighted by molar-refractivity contribution is 4.85. The SMILES string of the molecule is CC(C1CCCCC1)C1CCC(NC2CCCCC2)CC1. The van der Waals surface area contributed by atoms with Crippen molar-refractivity contribution in [1.82, 2.24) is 5.32 Å². The fourth-order valence-corrected chi connectivity index (χ4v) is 5.46. The fourth-order valence-electron chi connectivity index (χ4n) is 5.46. The van der Waals surface area contributed by atoms with Gasteiger partial charge in [0.25, 0.3) is 0 Å². The summed E-state index contributed by atoms with van der Waals surface area (Å²) in [5.74, 6) is 3.10. The Balaban J connectivity index is 1.39. The number of nitrogens with one attached hydrogen (secondary N) is 1. The van der Waals surface area contributed by atoms with Crippen LogP contribution in [0.1, 0.15) is 96.8 Å². The largest absolute Gasteiger partial charge is 0.311 e. The third-order valence-corrected chi connectivity index (χ3v) is 6.99. The first-order valence-electron chi connectivity index (χ1n) is 10.1. The van der Waals surface area contributed by atoms with Crippen LogP contribution in [0.3, 0.4) is 0 Å². The molecule has 0 bridgehead atoms. The van der Waals surface area contributed by atoms with E-state index in [2.05, 4.69) is 12.2 Å². The number of hydrogen-bond acceptors (Lipinski definition) is 1. The lowest BCUT2D eigenvalue weighted by Crippen LogP contribution is -2.42. The Morgan fingerprint density at radius 1 is 0.571 bits per heavy atom. The lowest BCUT2D eigenvalue weighted by Gasteiger charge is -2.39. The van der Waals surface area contributed by atoms with E-state index in [4.69, 9.17) is 0 Å². The van der Waals surface area contributed by atoms with Gasteiger partial charge < -0.3 is 5.32 Å². The molecule has 3 saturated carbocycles. The van der Waals surface area contributed by atoms with Crippen molar-refractivity contribution >= 4 is 0 Å². The predicted octanol–water partition coefficient (Wildman–Crippen LogP) is 5.68.